The van der Waals surface area contributed by atoms with E-state index in [2.05, 4.69) is 0 Å². The second-order valence-corrected chi connectivity index (χ2v) is 3.02. The number of hydrogen-bond donors (Lipinski definition) is 1. The fourth-order valence-electron chi connectivity index (χ4n) is 0.772. The third kappa shape index (κ3) is 8.19. The number of alkyl halides is 3. The van der Waals surface area contributed by atoms with Crippen LogP contribution in [0.4, 0.5) is 13.2 Å². The lowest BCUT2D eigenvalue weighted by molar-refractivity contribution is -0.146. The van der Waals surface area contributed by atoms with Crippen LogP contribution in [0.15, 0.2) is 0 Å². The molecule has 2 N–H and O–H groups in total. The van der Waals surface area contributed by atoms with E-state index in [0.717, 1.165) is 4.90 Å². The van der Waals surface area contributed by atoms with E-state index in [1.165, 1.54) is 7.05 Å². The smallest absolute Gasteiger partial charge is 0.370 e. The predicted molar refractivity (Wildman–Crippen MR) is 48.2 cm³/mol. The van der Waals surface area contributed by atoms with Gasteiger partial charge in [-0.05, 0) is 0 Å². The van der Waals surface area contributed by atoms with Gasteiger partial charge < -0.3 is 15.4 Å². The summed E-state index contributed by atoms with van der Waals surface area (Å²) in [6.07, 6.45) is -5.25. The Morgan fingerprint density at radius 1 is 1.47 bits per heavy atom. The van der Waals surface area contributed by atoms with Crippen molar-refractivity contribution in [2.75, 3.05) is 33.4 Å². The van der Waals surface area contributed by atoms with Gasteiger partial charge in [0, 0.05) is 20.1 Å². The quantitative estimate of drug-likeness (QED) is 0.668. The highest BCUT2D eigenvalue weighted by molar-refractivity contribution is 5.77. The Labute approximate surface area is 86.2 Å². The number of nitrogens with two attached hydrogens (primary N) is 1. The molecule has 0 rings (SSSR count). The fraction of sp³-hybridized carbons (Fsp3) is 0.875. The first-order valence-corrected chi connectivity index (χ1v) is 4.45. The number of ether oxygens (including phenoxy) is 1. The number of hydrogen-bond acceptors (Lipinski definition) is 3. The zero-order valence-corrected chi connectivity index (χ0v) is 8.51. The second-order valence-electron chi connectivity index (χ2n) is 3.02. The molecule has 0 aliphatic carbocycles. The lowest BCUT2D eigenvalue weighted by atomic mass is 10.4. The molecule has 0 spiro atoms. The summed E-state index contributed by atoms with van der Waals surface area (Å²) >= 11 is 0. The van der Waals surface area contributed by atoms with Crippen LogP contribution in [-0.4, -0.2) is 50.3 Å². The largest absolute Gasteiger partial charge is 0.390 e. The number of carbonyl (C=O) groups is 1. The van der Waals surface area contributed by atoms with Gasteiger partial charge in [0.25, 0.3) is 0 Å². The third-order valence-corrected chi connectivity index (χ3v) is 1.64. The minimum atomic E-state index is -4.24. The fourth-order valence-corrected chi connectivity index (χ4v) is 0.772. The lowest BCUT2D eigenvalue weighted by Crippen LogP contribution is -2.33. The van der Waals surface area contributed by atoms with Gasteiger partial charge in [0.15, 0.2) is 0 Å². The summed E-state index contributed by atoms with van der Waals surface area (Å²) in [4.78, 5) is 12.1. The highest BCUT2D eigenvalue weighted by Gasteiger charge is 2.27. The molecule has 0 saturated carbocycles. The van der Waals surface area contributed by atoms with E-state index < -0.39 is 18.5 Å². The van der Waals surface area contributed by atoms with Gasteiger partial charge in [-0.2, -0.15) is 13.2 Å². The van der Waals surface area contributed by atoms with E-state index in [1.807, 2.05) is 0 Å². The summed E-state index contributed by atoms with van der Waals surface area (Å²) in [5.74, 6) is -0.479. The van der Waals surface area contributed by atoms with E-state index in [1.54, 1.807) is 0 Å². The highest BCUT2D eigenvalue weighted by atomic mass is 19.4. The summed E-state index contributed by atoms with van der Waals surface area (Å²) in [6.45, 7) is -0.0850. The molecule has 0 aromatic heterocycles. The lowest BCUT2D eigenvalue weighted by Gasteiger charge is -2.17. The maximum Gasteiger partial charge on any atom is 0.390 e. The molecule has 0 saturated heterocycles. The van der Waals surface area contributed by atoms with Gasteiger partial charge in [0.2, 0.25) is 5.91 Å². The minimum Gasteiger partial charge on any atom is -0.370 e. The molecule has 4 nitrogen and oxygen atoms in total. The number of amides is 1. The number of likely N-dealkylation sites (N-methyl/N-ethyl adjacent to an activating group) is 1. The first-order valence-electron chi connectivity index (χ1n) is 4.45. The molecule has 1 amide bonds. The molecule has 0 aliphatic rings. The van der Waals surface area contributed by atoms with Crippen LogP contribution in [0.5, 0.6) is 0 Å². The minimum absolute atomic E-state index is 0.221. The molecule has 0 unspecified atom stereocenters. The Morgan fingerprint density at radius 3 is 2.53 bits per heavy atom. The van der Waals surface area contributed by atoms with Gasteiger partial charge in [-0.3, -0.25) is 4.79 Å². The van der Waals surface area contributed by atoms with Crippen molar-refractivity contribution in [3.63, 3.8) is 0 Å². The second kappa shape index (κ2) is 6.62. The van der Waals surface area contributed by atoms with Gasteiger partial charge in [0.05, 0.1) is 13.0 Å². The normalized spacial score (nSPS) is 11.5. The van der Waals surface area contributed by atoms with E-state index in [4.69, 9.17) is 10.5 Å². The average molecular weight is 228 g/mol. The maximum atomic E-state index is 11.8. The zero-order valence-electron chi connectivity index (χ0n) is 8.51. The highest BCUT2D eigenvalue weighted by Crippen LogP contribution is 2.19. The summed E-state index contributed by atoms with van der Waals surface area (Å²) in [5, 5.41) is 0. The molecular formula is C8H15F3N2O2. The average Bonchev–Trinajstić information content (AvgIpc) is 2.13. The maximum absolute atomic E-state index is 11.8. The van der Waals surface area contributed by atoms with Crippen molar-refractivity contribution in [3.05, 3.63) is 0 Å². The molecule has 90 valence electrons. The van der Waals surface area contributed by atoms with Gasteiger partial charge in [-0.1, -0.05) is 0 Å². The first kappa shape index (κ1) is 14.2. The molecule has 0 aromatic carbocycles. The number of nitrogens with zero attached hydrogens (tertiary/aromatic N) is 1. The van der Waals surface area contributed by atoms with Crippen LogP contribution in [0.2, 0.25) is 0 Å². The van der Waals surface area contributed by atoms with E-state index in [0.29, 0.717) is 0 Å². The van der Waals surface area contributed by atoms with Crippen LogP contribution < -0.4 is 5.73 Å². The van der Waals surface area contributed by atoms with Crippen molar-refractivity contribution in [1.29, 1.82) is 0 Å². The summed E-state index contributed by atoms with van der Waals surface area (Å²) < 4.78 is 40.2. The van der Waals surface area contributed by atoms with E-state index in [-0.39, 0.29) is 26.3 Å². The monoisotopic (exact) mass is 228 g/mol. The SMILES string of the molecule is CN(CCC(F)(F)F)C(=O)COCCN. The summed E-state index contributed by atoms with van der Waals surface area (Å²) in [6, 6.07) is 0. The van der Waals surface area contributed by atoms with E-state index in [9.17, 15) is 18.0 Å². The van der Waals surface area contributed by atoms with Crippen molar-refractivity contribution >= 4 is 5.91 Å². The van der Waals surface area contributed by atoms with Crippen molar-refractivity contribution < 1.29 is 22.7 Å². The molecule has 0 atom stereocenters. The van der Waals surface area contributed by atoms with Crippen molar-refractivity contribution in [2.45, 2.75) is 12.6 Å². The molecule has 0 bridgehead atoms. The molecule has 15 heavy (non-hydrogen) atoms. The molecule has 0 radical (unpaired) electrons. The molecular weight excluding hydrogens is 213 g/mol. The van der Waals surface area contributed by atoms with Crippen LogP contribution in [0.25, 0.3) is 0 Å². The topological polar surface area (TPSA) is 55.6 Å². The number of halogens is 3. The van der Waals surface area contributed by atoms with Crippen LogP contribution in [-0.2, 0) is 9.53 Å². The number of rotatable bonds is 6. The van der Waals surface area contributed by atoms with Gasteiger partial charge in [-0.15, -0.1) is 0 Å². The van der Waals surface area contributed by atoms with Crippen molar-refractivity contribution in [3.8, 4) is 0 Å². The Morgan fingerprint density at radius 2 is 2.07 bits per heavy atom. The molecule has 0 fully saturated rings. The Bertz CT molecular complexity index is 197. The van der Waals surface area contributed by atoms with Gasteiger partial charge in [0.1, 0.15) is 6.61 Å². The molecule has 0 aromatic rings. The van der Waals surface area contributed by atoms with Gasteiger partial charge >= 0.3 is 6.18 Å². The zero-order chi connectivity index (χ0) is 11.9. The summed E-state index contributed by atoms with van der Waals surface area (Å²) in [7, 11) is 1.31. The first-order chi connectivity index (χ1) is 6.87. The Balaban J connectivity index is 3.70. The molecule has 0 heterocycles. The van der Waals surface area contributed by atoms with Crippen molar-refractivity contribution in [1.82, 2.24) is 4.90 Å². The third-order valence-electron chi connectivity index (χ3n) is 1.64. The van der Waals surface area contributed by atoms with E-state index >= 15 is 0 Å². The standard InChI is InChI=1S/C8H15F3N2O2/c1-13(4-2-8(9,10)11)7(14)6-15-5-3-12/h2-6,12H2,1H3. The molecule has 0 aliphatic heterocycles. The summed E-state index contributed by atoms with van der Waals surface area (Å²) in [5.41, 5.74) is 5.11. The Hall–Kier alpha value is -0.820. The van der Waals surface area contributed by atoms with Crippen LogP contribution in [0, 0.1) is 0 Å². The Kier molecular flexibility index (Phi) is 6.26. The number of carbonyl (C=O) groups excluding carboxylic acids is 1. The van der Waals surface area contributed by atoms with Crippen molar-refractivity contribution in [2.24, 2.45) is 5.73 Å². The predicted octanol–water partition coefficient (Wildman–Crippen LogP) is 0.373. The molecule has 7 heteroatoms. The van der Waals surface area contributed by atoms with Crippen LogP contribution in [0.3, 0.4) is 0 Å². The van der Waals surface area contributed by atoms with Crippen LogP contribution >= 0.6 is 0 Å². The van der Waals surface area contributed by atoms with Gasteiger partial charge in [-0.25, -0.2) is 0 Å². The van der Waals surface area contributed by atoms with Crippen LogP contribution in [0.1, 0.15) is 6.42 Å².